The third kappa shape index (κ3) is 5.30. The summed E-state index contributed by atoms with van der Waals surface area (Å²) in [5.41, 5.74) is 9.20. The first-order valence-corrected chi connectivity index (χ1v) is 11.8. The number of thiazole rings is 1. The van der Waals surface area contributed by atoms with E-state index in [9.17, 15) is 4.79 Å². The van der Waals surface area contributed by atoms with E-state index < -0.39 is 5.97 Å². The van der Waals surface area contributed by atoms with Crippen molar-refractivity contribution >= 4 is 46.1 Å². The van der Waals surface area contributed by atoms with Gasteiger partial charge in [0.1, 0.15) is 0 Å². The van der Waals surface area contributed by atoms with Crippen molar-refractivity contribution in [1.82, 2.24) is 4.98 Å². The number of halogens is 1. The van der Waals surface area contributed by atoms with Gasteiger partial charge in [0.2, 0.25) is 0 Å². The first-order valence-electron chi connectivity index (χ1n) is 10.6. The lowest BCUT2D eigenvalue weighted by Gasteiger charge is -2.18. The molecule has 3 aromatic carbocycles. The van der Waals surface area contributed by atoms with Crippen molar-refractivity contribution in [1.29, 1.82) is 0 Å². The Hall–Kier alpha value is -3.47. The molecule has 1 aromatic heterocycles. The third-order valence-corrected chi connectivity index (χ3v) is 6.51. The third-order valence-electron chi connectivity index (χ3n) is 5.36. The fourth-order valence-electron chi connectivity index (χ4n) is 3.81. The Bertz CT molecular complexity index is 1310. The minimum atomic E-state index is -0.965. The summed E-state index contributed by atoms with van der Waals surface area (Å²) < 4.78 is 0. The lowest BCUT2D eigenvalue weighted by atomic mass is 9.87. The maximum atomic E-state index is 10.9. The number of aromatic nitrogens is 1. The van der Waals surface area contributed by atoms with Crippen LogP contribution in [0.15, 0.2) is 90.6 Å². The van der Waals surface area contributed by atoms with Crippen molar-refractivity contribution in [2.75, 3.05) is 0 Å². The maximum Gasteiger partial charge on any atom is 0.328 e. The average molecular weight is 472 g/mol. The van der Waals surface area contributed by atoms with Gasteiger partial charge in [0, 0.05) is 17.3 Å². The number of hydrogen-bond acceptors (Lipinski definition) is 3. The Balaban J connectivity index is 1.85. The molecular weight excluding hydrogens is 450 g/mol. The summed E-state index contributed by atoms with van der Waals surface area (Å²) in [6.07, 6.45) is 5.41. The maximum absolute atomic E-state index is 10.9. The van der Waals surface area contributed by atoms with Crippen LogP contribution in [0.3, 0.4) is 0 Å². The van der Waals surface area contributed by atoms with E-state index in [1.54, 1.807) is 17.4 Å². The molecule has 0 aliphatic rings. The van der Waals surface area contributed by atoms with Crippen LogP contribution < -0.4 is 0 Å². The Morgan fingerprint density at radius 3 is 2.24 bits per heavy atom. The molecular formula is C28H22ClNO2S. The van der Waals surface area contributed by atoms with Crippen LogP contribution in [0.5, 0.6) is 0 Å². The predicted molar refractivity (Wildman–Crippen MR) is 138 cm³/mol. The molecule has 0 saturated carbocycles. The predicted octanol–water partition coefficient (Wildman–Crippen LogP) is 7.93. The van der Waals surface area contributed by atoms with E-state index in [-0.39, 0.29) is 0 Å². The highest BCUT2D eigenvalue weighted by Gasteiger charge is 2.15. The van der Waals surface area contributed by atoms with E-state index in [1.807, 2.05) is 54.2 Å². The first kappa shape index (κ1) is 22.7. The molecule has 0 saturated heterocycles. The molecule has 0 bridgehead atoms. The van der Waals surface area contributed by atoms with Gasteiger partial charge in [0.25, 0.3) is 0 Å². The van der Waals surface area contributed by atoms with E-state index in [0.29, 0.717) is 5.02 Å². The molecule has 1 N–H and O–H groups in total. The summed E-state index contributed by atoms with van der Waals surface area (Å²) >= 11 is 8.22. The number of nitrogens with zero attached hydrogens (tertiary/aromatic N) is 1. The molecule has 0 aliphatic heterocycles. The Morgan fingerprint density at radius 1 is 1.00 bits per heavy atom. The lowest BCUT2D eigenvalue weighted by molar-refractivity contribution is -0.131. The van der Waals surface area contributed by atoms with Crippen LogP contribution in [0.25, 0.3) is 27.7 Å². The molecule has 33 heavy (non-hydrogen) atoms. The number of rotatable bonds is 7. The fraction of sp³-hybridized carbons (Fsp3) is 0.0714. The largest absolute Gasteiger partial charge is 0.478 e. The summed E-state index contributed by atoms with van der Waals surface area (Å²) in [6.45, 7) is 2.13. The van der Waals surface area contributed by atoms with Gasteiger partial charge in [0.15, 0.2) is 0 Å². The highest BCUT2D eigenvalue weighted by Crippen LogP contribution is 2.38. The standard InChI is InChI=1S/C28H22ClNO2S/c1-2-23(24-5-3-4-6-25(24)29)28(21-10-7-19(8-11-21)9-16-27(31)32)22-14-12-20(13-15-22)26-17-30-18-33-26/h3-18H,2H2,1H3,(H,31,32). The van der Waals surface area contributed by atoms with Crippen LogP contribution in [0.4, 0.5) is 0 Å². The van der Waals surface area contributed by atoms with E-state index >= 15 is 0 Å². The monoisotopic (exact) mass is 471 g/mol. The topological polar surface area (TPSA) is 50.2 Å². The molecule has 5 heteroatoms. The normalized spacial score (nSPS) is 12.1. The van der Waals surface area contributed by atoms with Crippen LogP contribution >= 0.6 is 22.9 Å². The first-order chi connectivity index (χ1) is 16.1. The second kappa shape index (κ2) is 10.4. The molecule has 164 valence electrons. The minimum absolute atomic E-state index is 0.717. The number of carboxylic acids is 1. The zero-order valence-corrected chi connectivity index (χ0v) is 19.6. The number of allylic oxidation sites excluding steroid dienone is 1. The van der Waals surface area contributed by atoms with Crippen molar-refractivity contribution < 1.29 is 9.90 Å². The molecule has 0 atom stereocenters. The molecule has 0 fully saturated rings. The molecule has 3 nitrogen and oxygen atoms in total. The van der Waals surface area contributed by atoms with Crippen molar-refractivity contribution in [2.45, 2.75) is 13.3 Å². The summed E-state index contributed by atoms with van der Waals surface area (Å²) in [5, 5.41) is 9.62. The van der Waals surface area contributed by atoms with E-state index in [2.05, 4.69) is 42.2 Å². The second-order valence-electron chi connectivity index (χ2n) is 7.42. The molecule has 4 aromatic rings. The highest BCUT2D eigenvalue weighted by molar-refractivity contribution is 7.13. The van der Waals surface area contributed by atoms with E-state index in [1.165, 1.54) is 0 Å². The molecule has 0 spiro atoms. The number of carbonyl (C=O) groups is 1. The summed E-state index contributed by atoms with van der Waals surface area (Å²) in [7, 11) is 0. The highest BCUT2D eigenvalue weighted by atomic mass is 35.5. The second-order valence-corrected chi connectivity index (χ2v) is 8.72. The van der Waals surface area contributed by atoms with Crippen molar-refractivity contribution in [3.63, 3.8) is 0 Å². The summed E-state index contributed by atoms with van der Waals surface area (Å²) in [5.74, 6) is -0.965. The van der Waals surface area contributed by atoms with Crippen molar-refractivity contribution in [3.05, 3.63) is 118 Å². The molecule has 0 aliphatic carbocycles. The molecule has 4 rings (SSSR count). The van der Waals surface area contributed by atoms with Gasteiger partial charge in [-0.1, -0.05) is 85.3 Å². The van der Waals surface area contributed by atoms with Gasteiger partial charge < -0.3 is 5.11 Å². The van der Waals surface area contributed by atoms with Crippen LogP contribution in [-0.2, 0) is 4.79 Å². The average Bonchev–Trinajstić information content (AvgIpc) is 3.38. The number of benzene rings is 3. The SMILES string of the molecule is CCC(=C(c1ccc(C=CC(=O)O)cc1)c1ccc(-c2cncs2)cc1)c1ccccc1Cl. The number of carboxylic acid groups (broad SMARTS) is 1. The van der Waals surface area contributed by atoms with Crippen LogP contribution in [0.1, 0.15) is 35.6 Å². The zero-order chi connectivity index (χ0) is 23.2. The Labute approximate surface area is 202 Å². The van der Waals surface area contributed by atoms with Gasteiger partial charge in [-0.2, -0.15) is 0 Å². The van der Waals surface area contributed by atoms with Gasteiger partial charge in [-0.3, -0.25) is 4.98 Å². The molecule has 0 unspecified atom stereocenters. The van der Waals surface area contributed by atoms with Crippen LogP contribution in [-0.4, -0.2) is 16.1 Å². The summed E-state index contributed by atoms with van der Waals surface area (Å²) in [6, 6.07) is 24.3. The zero-order valence-electron chi connectivity index (χ0n) is 18.0. The minimum Gasteiger partial charge on any atom is -0.478 e. The van der Waals surface area contributed by atoms with Gasteiger partial charge in [0.05, 0.1) is 10.4 Å². The molecule has 1 heterocycles. The van der Waals surface area contributed by atoms with Gasteiger partial charge in [-0.05, 0) is 57.5 Å². The van der Waals surface area contributed by atoms with Gasteiger partial charge in [-0.25, -0.2) is 4.79 Å². The number of aliphatic carboxylic acids is 1. The smallest absolute Gasteiger partial charge is 0.328 e. The van der Waals surface area contributed by atoms with Crippen molar-refractivity contribution in [2.24, 2.45) is 0 Å². The molecule has 0 radical (unpaired) electrons. The van der Waals surface area contributed by atoms with Gasteiger partial charge >= 0.3 is 5.97 Å². The molecule has 0 amide bonds. The lowest BCUT2D eigenvalue weighted by Crippen LogP contribution is -1.96. The Morgan fingerprint density at radius 2 is 1.67 bits per heavy atom. The van der Waals surface area contributed by atoms with Gasteiger partial charge in [-0.15, -0.1) is 11.3 Å². The Kier molecular flexibility index (Phi) is 7.18. The van der Waals surface area contributed by atoms with Crippen LogP contribution in [0.2, 0.25) is 5.02 Å². The van der Waals surface area contributed by atoms with Crippen LogP contribution in [0, 0.1) is 0 Å². The quantitative estimate of drug-likeness (QED) is 0.220. The van der Waals surface area contributed by atoms with E-state index in [4.69, 9.17) is 16.7 Å². The fourth-order valence-corrected chi connectivity index (χ4v) is 4.69. The van der Waals surface area contributed by atoms with E-state index in [0.717, 1.165) is 56.3 Å². The van der Waals surface area contributed by atoms with Crippen molar-refractivity contribution in [3.8, 4) is 10.4 Å². The summed E-state index contributed by atoms with van der Waals surface area (Å²) in [4.78, 5) is 16.2. The number of hydrogen-bond donors (Lipinski definition) is 1.